The monoisotopic (exact) mass is 424 g/mol. The molecule has 1 amide bonds. The quantitative estimate of drug-likeness (QED) is 0.690. The zero-order valence-electron chi connectivity index (χ0n) is 16.5. The maximum absolute atomic E-state index is 12.3. The largest absolute Gasteiger partial charge is 0.495 e. The molecule has 2 aromatic carbocycles. The van der Waals surface area contributed by atoms with Crippen LogP contribution in [-0.4, -0.2) is 34.2 Å². The van der Waals surface area contributed by atoms with Crippen LogP contribution < -0.4 is 14.4 Å². The Kier molecular flexibility index (Phi) is 7.32. The average Bonchev–Trinajstić information content (AvgIpc) is 2.60. The number of hydrogen-bond donors (Lipinski definition) is 1. The zero-order chi connectivity index (χ0) is 20.9. The van der Waals surface area contributed by atoms with Crippen molar-refractivity contribution < 1.29 is 17.9 Å². The van der Waals surface area contributed by atoms with E-state index in [9.17, 15) is 13.2 Å². The van der Waals surface area contributed by atoms with Gasteiger partial charge in [0.25, 0.3) is 0 Å². The maximum Gasteiger partial charge on any atom is 0.232 e. The molecule has 0 bridgehead atoms. The highest BCUT2D eigenvalue weighted by atomic mass is 35.5. The van der Waals surface area contributed by atoms with E-state index in [0.717, 1.165) is 23.1 Å². The fraction of sp³-hybridized carbons (Fsp3) is 0.350. The lowest BCUT2D eigenvalue weighted by atomic mass is 10.1. The van der Waals surface area contributed by atoms with Crippen molar-refractivity contribution in [1.29, 1.82) is 0 Å². The zero-order valence-corrected chi connectivity index (χ0v) is 18.0. The fourth-order valence-corrected chi connectivity index (χ4v) is 3.97. The molecule has 0 aliphatic heterocycles. The van der Waals surface area contributed by atoms with Gasteiger partial charge in [-0.2, -0.15) is 0 Å². The molecule has 0 heterocycles. The molecule has 152 valence electrons. The number of rotatable bonds is 8. The molecule has 0 fully saturated rings. The topological polar surface area (TPSA) is 75.7 Å². The predicted molar refractivity (Wildman–Crippen MR) is 114 cm³/mol. The summed E-state index contributed by atoms with van der Waals surface area (Å²) in [7, 11) is -2.03. The summed E-state index contributed by atoms with van der Waals surface area (Å²) in [5.74, 6) is 0.307. The molecule has 2 aromatic rings. The molecular weight excluding hydrogens is 400 g/mol. The Morgan fingerprint density at radius 3 is 2.50 bits per heavy atom. The van der Waals surface area contributed by atoms with Crippen LogP contribution in [0.4, 0.5) is 11.4 Å². The van der Waals surface area contributed by atoms with Gasteiger partial charge in [0.05, 0.1) is 24.1 Å². The number of hydrogen-bond acceptors (Lipinski definition) is 4. The molecule has 0 aliphatic rings. The summed E-state index contributed by atoms with van der Waals surface area (Å²) in [4.78, 5) is 12.3. The molecule has 0 radical (unpaired) electrons. The van der Waals surface area contributed by atoms with Crippen molar-refractivity contribution in [3.05, 3.63) is 52.5 Å². The third kappa shape index (κ3) is 5.87. The minimum absolute atomic E-state index is 0.157. The smallest absolute Gasteiger partial charge is 0.232 e. The molecule has 0 aromatic heterocycles. The van der Waals surface area contributed by atoms with Gasteiger partial charge in [-0.3, -0.25) is 9.10 Å². The number of nitrogens with zero attached hydrogens (tertiary/aromatic N) is 1. The van der Waals surface area contributed by atoms with Gasteiger partial charge in [-0.25, -0.2) is 8.42 Å². The minimum Gasteiger partial charge on any atom is -0.495 e. The van der Waals surface area contributed by atoms with Crippen molar-refractivity contribution in [1.82, 2.24) is 0 Å². The molecule has 0 aliphatic carbocycles. The van der Waals surface area contributed by atoms with Crippen LogP contribution in [0.5, 0.6) is 5.75 Å². The first-order chi connectivity index (χ1) is 13.1. The number of halogens is 1. The Morgan fingerprint density at radius 1 is 1.18 bits per heavy atom. The Bertz CT molecular complexity index is 961. The molecule has 6 nitrogen and oxygen atoms in total. The van der Waals surface area contributed by atoms with E-state index in [1.54, 1.807) is 12.1 Å². The van der Waals surface area contributed by atoms with E-state index in [0.29, 0.717) is 22.9 Å². The highest BCUT2D eigenvalue weighted by Gasteiger charge is 2.19. The number of carbonyl (C=O) groups is 1. The summed E-state index contributed by atoms with van der Waals surface area (Å²) in [6.45, 7) is 4.05. The molecule has 2 rings (SSSR count). The van der Waals surface area contributed by atoms with Crippen molar-refractivity contribution in [2.75, 3.05) is 29.5 Å². The summed E-state index contributed by atoms with van der Waals surface area (Å²) in [6, 6.07) is 10.6. The fourth-order valence-electron chi connectivity index (χ4n) is 2.76. The lowest BCUT2D eigenvalue weighted by molar-refractivity contribution is -0.116. The van der Waals surface area contributed by atoms with Crippen LogP contribution in [-0.2, 0) is 14.8 Å². The van der Waals surface area contributed by atoms with E-state index < -0.39 is 10.0 Å². The Morgan fingerprint density at radius 2 is 1.89 bits per heavy atom. The van der Waals surface area contributed by atoms with Crippen LogP contribution in [0.2, 0.25) is 5.02 Å². The van der Waals surface area contributed by atoms with E-state index in [1.807, 2.05) is 32.0 Å². The molecular formula is C20H25ClN2O4S. The number of benzene rings is 2. The molecule has 1 N–H and O–H groups in total. The van der Waals surface area contributed by atoms with Crippen molar-refractivity contribution in [2.45, 2.75) is 26.7 Å². The number of sulfonamides is 1. The van der Waals surface area contributed by atoms with Crippen molar-refractivity contribution in [3.8, 4) is 5.75 Å². The first-order valence-electron chi connectivity index (χ1n) is 8.80. The molecule has 0 saturated carbocycles. The molecule has 0 spiro atoms. The van der Waals surface area contributed by atoms with Gasteiger partial charge in [0.15, 0.2) is 0 Å². The Hall–Kier alpha value is -2.25. The second-order valence-corrected chi connectivity index (χ2v) is 8.94. The molecule has 0 saturated heterocycles. The summed E-state index contributed by atoms with van der Waals surface area (Å²) in [5.41, 5.74) is 3.24. The molecule has 28 heavy (non-hydrogen) atoms. The lowest BCUT2D eigenvalue weighted by Gasteiger charge is -2.23. The number of nitrogens with one attached hydrogen (secondary N) is 1. The second-order valence-electron chi connectivity index (χ2n) is 6.62. The van der Waals surface area contributed by atoms with Gasteiger partial charge in [-0.15, -0.1) is 0 Å². The van der Waals surface area contributed by atoms with E-state index >= 15 is 0 Å². The average molecular weight is 425 g/mol. The van der Waals surface area contributed by atoms with E-state index in [1.165, 1.54) is 17.5 Å². The first-order valence-corrected chi connectivity index (χ1v) is 11.0. The summed E-state index contributed by atoms with van der Waals surface area (Å²) in [5, 5.41) is 3.20. The minimum atomic E-state index is -3.52. The predicted octanol–water partition coefficient (Wildman–Crippen LogP) is 4.15. The standard InChI is InChI=1S/C20H25ClN2O4S/c1-14-7-8-15(2)18(12-14)22-20(24)6-5-11-23(28(4,25)26)16-9-10-19(27-3)17(21)13-16/h7-10,12-13H,5-6,11H2,1-4H3,(H,22,24). The molecule has 0 unspecified atom stereocenters. The Labute approximate surface area is 171 Å². The number of amides is 1. The Balaban J connectivity index is 2.03. The van der Waals surface area contributed by atoms with Crippen molar-refractivity contribution >= 4 is 38.9 Å². The highest BCUT2D eigenvalue weighted by Crippen LogP contribution is 2.30. The van der Waals surface area contributed by atoms with Gasteiger partial charge in [0.2, 0.25) is 15.9 Å². The van der Waals surface area contributed by atoms with Crippen LogP contribution in [0.15, 0.2) is 36.4 Å². The highest BCUT2D eigenvalue weighted by molar-refractivity contribution is 7.92. The van der Waals surface area contributed by atoms with Crippen LogP contribution in [0, 0.1) is 13.8 Å². The van der Waals surface area contributed by atoms with Crippen LogP contribution in [0.1, 0.15) is 24.0 Å². The normalized spacial score (nSPS) is 11.2. The van der Waals surface area contributed by atoms with Crippen LogP contribution in [0.25, 0.3) is 0 Å². The van der Waals surface area contributed by atoms with E-state index in [2.05, 4.69) is 5.32 Å². The van der Waals surface area contributed by atoms with Gasteiger partial charge in [0, 0.05) is 18.7 Å². The van der Waals surface area contributed by atoms with Crippen molar-refractivity contribution in [3.63, 3.8) is 0 Å². The third-order valence-corrected chi connectivity index (χ3v) is 5.75. The molecule has 8 heteroatoms. The summed E-state index contributed by atoms with van der Waals surface area (Å²) in [6.07, 6.45) is 1.69. The summed E-state index contributed by atoms with van der Waals surface area (Å²) >= 11 is 6.12. The third-order valence-electron chi connectivity index (χ3n) is 4.26. The van der Waals surface area contributed by atoms with Gasteiger partial charge < -0.3 is 10.1 Å². The van der Waals surface area contributed by atoms with Gasteiger partial charge in [-0.05, 0) is 55.7 Å². The SMILES string of the molecule is COc1ccc(N(CCCC(=O)Nc2cc(C)ccc2C)S(C)(=O)=O)cc1Cl. The maximum atomic E-state index is 12.3. The number of ether oxygens (including phenoxy) is 1. The lowest BCUT2D eigenvalue weighted by Crippen LogP contribution is -2.31. The van der Waals surface area contributed by atoms with E-state index in [4.69, 9.17) is 16.3 Å². The first kappa shape index (κ1) is 22.0. The van der Waals surface area contributed by atoms with Crippen LogP contribution in [0.3, 0.4) is 0 Å². The van der Waals surface area contributed by atoms with Crippen LogP contribution >= 0.6 is 11.6 Å². The number of aryl methyl sites for hydroxylation is 2. The van der Waals surface area contributed by atoms with Gasteiger partial charge >= 0.3 is 0 Å². The number of methoxy groups -OCH3 is 1. The number of carbonyl (C=O) groups excluding carboxylic acids is 1. The number of anilines is 2. The van der Waals surface area contributed by atoms with E-state index in [-0.39, 0.29) is 18.9 Å². The van der Waals surface area contributed by atoms with Crippen molar-refractivity contribution in [2.24, 2.45) is 0 Å². The summed E-state index contributed by atoms with van der Waals surface area (Å²) < 4.78 is 30.7. The molecule has 0 atom stereocenters. The van der Waals surface area contributed by atoms with Gasteiger partial charge in [0.1, 0.15) is 5.75 Å². The second kappa shape index (κ2) is 9.30. The van der Waals surface area contributed by atoms with Gasteiger partial charge in [-0.1, -0.05) is 23.7 Å².